The molecule has 2 fully saturated rings. The fourth-order valence-electron chi connectivity index (χ4n) is 2.67. The molecule has 0 aromatic heterocycles. The Balaban J connectivity index is 1.88. The van der Waals surface area contributed by atoms with Crippen molar-refractivity contribution < 1.29 is 0 Å². The van der Waals surface area contributed by atoms with Gasteiger partial charge >= 0.3 is 0 Å². The van der Waals surface area contributed by atoms with Gasteiger partial charge in [-0.15, -0.1) is 0 Å². The Morgan fingerprint density at radius 2 is 2.07 bits per heavy atom. The Bertz CT molecular complexity index is 195. The van der Waals surface area contributed by atoms with Gasteiger partial charge < -0.3 is 4.90 Å². The lowest BCUT2D eigenvalue weighted by Crippen LogP contribution is -2.45. The predicted molar refractivity (Wildman–Crippen MR) is 61.3 cm³/mol. The standard InChI is InChI=1S/C13H25N/c1-11(2)13(3)7-4-8-14(10-13)9-12-5-6-12/h11-12H,4-10H2,1-3H3/t13-/m1/s1. The van der Waals surface area contributed by atoms with E-state index >= 15 is 0 Å². The predicted octanol–water partition coefficient (Wildman–Crippen LogP) is 3.15. The second-order valence-corrected chi connectivity index (χ2v) is 6.09. The number of hydrogen-bond acceptors (Lipinski definition) is 1. The van der Waals surface area contributed by atoms with Crippen LogP contribution >= 0.6 is 0 Å². The first-order chi connectivity index (χ1) is 6.60. The molecule has 0 aromatic rings. The van der Waals surface area contributed by atoms with Gasteiger partial charge in [0.1, 0.15) is 0 Å². The Labute approximate surface area is 88.9 Å². The van der Waals surface area contributed by atoms with E-state index in [0.717, 1.165) is 11.8 Å². The molecule has 1 saturated carbocycles. The number of nitrogens with zero attached hydrogens (tertiary/aromatic N) is 1. The summed E-state index contributed by atoms with van der Waals surface area (Å²) in [6, 6.07) is 0. The molecule has 1 saturated heterocycles. The Kier molecular flexibility index (Phi) is 2.88. The summed E-state index contributed by atoms with van der Waals surface area (Å²) in [6.45, 7) is 11.4. The highest BCUT2D eigenvalue weighted by atomic mass is 15.1. The molecule has 1 heteroatoms. The lowest BCUT2D eigenvalue weighted by molar-refractivity contribution is 0.0607. The molecule has 1 aliphatic carbocycles. The maximum Gasteiger partial charge on any atom is 0.00379 e. The third-order valence-electron chi connectivity index (χ3n) is 4.41. The van der Waals surface area contributed by atoms with Crippen LogP contribution in [0.4, 0.5) is 0 Å². The van der Waals surface area contributed by atoms with Crippen molar-refractivity contribution in [3.63, 3.8) is 0 Å². The van der Waals surface area contributed by atoms with E-state index in [2.05, 4.69) is 25.7 Å². The number of rotatable bonds is 3. The normalized spacial score (nSPS) is 35.1. The highest BCUT2D eigenvalue weighted by Crippen LogP contribution is 2.38. The quantitative estimate of drug-likeness (QED) is 0.668. The second kappa shape index (κ2) is 3.84. The van der Waals surface area contributed by atoms with Crippen molar-refractivity contribution in [2.45, 2.75) is 46.5 Å². The van der Waals surface area contributed by atoms with Gasteiger partial charge in [0.25, 0.3) is 0 Å². The summed E-state index contributed by atoms with van der Waals surface area (Å²) in [7, 11) is 0. The van der Waals surface area contributed by atoms with Gasteiger partial charge in [-0.25, -0.2) is 0 Å². The van der Waals surface area contributed by atoms with Crippen molar-refractivity contribution >= 4 is 0 Å². The SMILES string of the molecule is CC(C)[C@]1(C)CCCN(CC2CC2)C1. The molecule has 0 N–H and O–H groups in total. The van der Waals surface area contributed by atoms with Crippen LogP contribution in [0, 0.1) is 17.3 Å². The summed E-state index contributed by atoms with van der Waals surface area (Å²) in [5, 5.41) is 0. The van der Waals surface area contributed by atoms with E-state index in [1.165, 1.54) is 45.3 Å². The fraction of sp³-hybridized carbons (Fsp3) is 1.00. The third-order valence-corrected chi connectivity index (χ3v) is 4.41. The smallest absolute Gasteiger partial charge is 0.00379 e. The molecule has 0 amide bonds. The van der Waals surface area contributed by atoms with Gasteiger partial charge in [-0.2, -0.15) is 0 Å². The van der Waals surface area contributed by atoms with E-state index in [0.29, 0.717) is 5.41 Å². The van der Waals surface area contributed by atoms with Crippen LogP contribution in [0.25, 0.3) is 0 Å². The molecule has 1 atom stereocenters. The van der Waals surface area contributed by atoms with Gasteiger partial charge in [0.15, 0.2) is 0 Å². The van der Waals surface area contributed by atoms with Crippen molar-refractivity contribution in [2.24, 2.45) is 17.3 Å². The van der Waals surface area contributed by atoms with Crippen LogP contribution in [0.1, 0.15) is 46.5 Å². The molecule has 2 rings (SSSR count). The zero-order valence-electron chi connectivity index (χ0n) is 10.1. The minimum atomic E-state index is 0.590. The monoisotopic (exact) mass is 195 g/mol. The molecule has 0 bridgehead atoms. The summed E-state index contributed by atoms with van der Waals surface area (Å²) in [4.78, 5) is 2.72. The van der Waals surface area contributed by atoms with Gasteiger partial charge in [0.2, 0.25) is 0 Å². The van der Waals surface area contributed by atoms with Crippen LogP contribution in [0.5, 0.6) is 0 Å². The second-order valence-electron chi connectivity index (χ2n) is 6.09. The van der Waals surface area contributed by atoms with Crippen molar-refractivity contribution in [2.75, 3.05) is 19.6 Å². The first-order valence-corrected chi connectivity index (χ1v) is 6.32. The molecular weight excluding hydrogens is 170 g/mol. The molecule has 0 radical (unpaired) electrons. The van der Waals surface area contributed by atoms with Crippen molar-refractivity contribution in [1.29, 1.82) is 0 Å². The number of piperidine rings is 1. The molecule has 82 valence electrons. The molecule has 1 aliphatic heterocycles. The van der Waals surface area contributed by atoms with E-state index in [-0.39, 0.29) is 0 Å². The van der Waals surface area contributed by atoms with Gasteiger partial charge in [-0.05, 0) is 49.5 Å². The Hall–Kier alpha value is -0.0400. The van der Waals surface area contributed by atoms with Crippen LogP contribution in [0.2, 0.25) is 0 Å². The average molecular weight is 195 g/mol. The Morgan fingerprint density at radius 3 is 2.64 bits per heavy atom. The lowest BCUT2D eigenvalue weighted by atomic mass is 9.73. The summed E-state index contributed by atoms with van der Waals surface area (Å²) in [6.07, 6.45) is 5.84. The number of hydrogen-bond donors (Lipinski definition) is 0. The highest BCUT2D eigenvalue weighted by Gasteiger charge is 2.35. The van der Waals surface area contributed by atoms with Crippen LogP contribution in [0.3, 0.4) is 0 Å². The maximum absolute atomic E-state index is 2.72. The minimum Gasteiger partial charge on any atom is -0.303 e. The van der Waals surface area contributed by atoms with E-state index in [1.807, 2.05) is 0 Å². The average Bonchev–Trinajstić information content (AvgIpc) is 2.88. The van der Waals surface area contributed by atoms with E-state index in [4.69, 9.17) is 0 Å². The summed E-state index contributed by atoms with van der Waals surface area (Å²) >= 11 is 0. The van der Waals surface area contributed by atoms with Crippen LogP contribution in [-0.2, 0) is 0 Å². The molecule has 14 heavy (non-hydrogen) atoms. The van der Waals surface area contributed by atoms with Crippen molar-refractivity contribution in [3.05, 3.63) is 0 Å². The largest absolute Gasteiger partial charge is 0.303 e. The molecule has 1 heterocycles. The number of likely N-dealkylation sites (tertiary alicyclic amines) is 1. The fourth-order valence-corrected chi connectivity index (χ4v) is 2.67. The lowest BCUT2D eigenvalue weighted by Gasteiger charge is -2.43. The maximum atomic E-state index is 2.72. The minimum absolute atomic E-state index is 0.590. The van der Waals surface area contributed by atoms with Crippen LogP contribution in [0.15, 0.2) is 0 Å². The van der Waals surface area contributed by atoms with E-state index < -0.39 is 0 Å². The first-order valence-electron chi connectivity index (χ1n) is 6.32. The molecule has 0 aromatic carbocycles. The summed E-state index contributed by atoms with van der Waals surface area (Å²) < 4.78 is 0. The van der Waals surface area contributed by atoms with Gasteiger partial charge in [-0.1, -0.05) is 20.8 Å². The van der Waals surface area contributed by atoms with Crippen molar-refractivity contribution in [3.8, 4) is 0 Å². The molecular formula is C13H25N. The Morgan fingerprint density at radius 1 is 1.36 bits per heavy atom. The molecule has 2 aliphatic rings. The zero-order chi connectivity index (χ0) is 10.2. The molecule has 1 nitrogen and oxygen atoms in total. The summed E-state index contributed by atoms with van der Waals surface area (Å²) in [5.41, 5.74) is 0.590. The van der Waals surface area contributed by atoms with E-state index in [1.54, 1.807) is 0 Å². The van der Waals surface area contributed by atoms with Gasteiger partial charge in [-0.3, -0.25) is 0 Å². The van der Waals surface area contributed by atoms with Crippen LogP contribution in [-0.4, -0.2) is 24.5 Å². The third kappa shape index (κ3) is 2.31. The first kappa shape index (κ1) is 10.5. The zero-order valence-corrected chi connectivity index (χ0v) is 10.1. The van der Waals surface area contributed by atoms with Crippen molar-refractivity contribution in [1.82, 2.24) is 4.90 Å². The van der Waals surface area contributed by atoms with Gasteiger partial charge in [0, 0.05) is 13.1 Å². The van der Waals surface area contributed by atoms with Gasteiger partial charge in [0.05, 0.1) is 0 Å². The highest BCUT2D eigenvalue weighted by molar-refractivity contribution is 4.88. The van der Waals surface area contributed by atoms with E-state index in [9.17, 15) is 0 Å². The topological polar surface area (TPSA) is 3.24 Å². The molecule has 0 unspecified atom stereocenters. The summed E-state index contributed by atoms with van der Waals surface area (Å²) in [5.74, 6) is 1.90. The molecule has 0 spiro atoms. The van der Waals surface area contributed by atoms with Crippen LogP contribution < -0.4 is 0 Å².